The number of amides is 8. The van der Waals surface area contributed by atoms with Gasteiger partial charge in [0, 0.05) is 65.6 Å². The van der Waals surface area contributed by atoms with Crippen LogP contribution in [0.15, 0.2) is 60.7 Å². The molecule has 2 saturated heterocycles. The van der Waals surface area contributed by atoms with E-state index in [1.807, 2.05) is 82.8 Å². The summed E-state index contributed by atoms with van der Waals surface area (Å²) in [5.41, 5.74) is 6.42. The van der Waals surface area contributed by atoms with E-state index in [9.17, 15) is 46.8 Å². The summed E-state index contributed by atoms with van der Waals surface area (Å²) in [7, 11) is 2.85. The molecule has 10 atom stereocenters. The van der Waals surface area contributed by atoms with Crippen LogP contribution in [0.4, 0.5) is 0 Å². The first-order chi connectivity index (χ1) is 38.8. The Kier molecular flexibility index (Phi) is 28.1. The summed E-state index contributed by atoms with van der Waals surface area (Å²) in [5, 5.41) is 6.10. The van der Waals surface area contributed by atoms with Crippen LogP contribution in [0.1, 0.15) is 137 Å². The fourth-order valence-corrected chi connectivity index (χ4v) is 13.2. The second kappa shape index (κ2) is 33.5. The first kappa shape index (κ1) is 68.7. The number of benzene rings is 2. The van der Waals surface area contributed by atoms with E-state index in [4.69, 9.17) is 9.47 Å². The average Bonchev–Trinajstić information content (AvgIpc) is 4.03. The van der Waals surface area contributed by atoms with Gasteiger partial charge in [-0.1, -0.05) is 129 Å². The Morgan fingerprint density at radius 2 is 1.38 bits per heavy atom. The van der Waals surface area contributed by atoms with E-state index in [2.05, 4.69) is 21.5 Å². The second-order valence-electron chi connectivity index (χ2n) is 23.4. The molecule has 0 radical (unpaired) electrons. The van der Waals surface area contributed by atoms with Crippen molar-refractivity contribution in [2.24, 2.45) is 29.6 Å². The lowest BCUT2D eigenvalue weighted by Crippen LogP contribution is -2.60. The van der Waals surface area contributed by atoms with Gasteiger partial charge >= 0.3 is 0 Å². The summed E-state index contributed by atoms with van der Waals surface area (Å²) in [6.07, 6.45) is 3.25. The molecule has 2 aliphatic heterocycles. The number of likely N-dealkylation sites (tertiary alicyclic amines) is 2. The standard InChI is InChI=1S/C61H96N8O12S/c1-13-42(6)56(67(10)61(77)54(40(2)3)63-59(75)55(41(4)5)66(9)32-24-31-51(71)65-64-50(70)30-21-16-22-33-69-52(72)35-43(7)60(69)76)49(80-11)37-53(73)68-34-23-29-48(68)57(81-12)44(8)58(74)62-47(36-45-25-17-14-18-26-45)39-82(78,79)38-46-27-19-15-20-28-46/h14-15,17-20,25-28,40-44,47-49,54-57H,13,16,21-24,29-39H2,1-12H3,(H,62,74)(H,63,75)(H,64,70)(H,65,71)/t42-,43?,44+,47-,48-,49+,54-,55-,56-,57+/m0/s1. The van der Waals surface area contributed by atoms with E-state index in [-0.39, 0.29) is 102 Å². The van der Waals surface area contributed by atoms with E-state index in [0.717, 1.165) is 5.56 Å². The lowest BCUT2D eigenvalue weighted by molar-refractivity contribution is -0.148. The fraction of sp³-hybridized carbons (Fsp3) is 0.672. The maximum Gasteiger partial charge on any atom is 0.245 e. The molecular formula is C61H96N8O12S. The smallest absolute Gasteiger partial charge is 0.245 e. The Hall–Kier alpha value is -5.77. The van der Waals surface area contributed by atoms with Crippen LogP contribution >= 0.6 is 0 Å². The summed E-state index contributed by atoms with van der Waals surface area (Å²) in [5.74, 6) is -4.50. The van der Waals surface area contributed by atoms with Crippen LogP contribution in [0.3, 0.4) is 0 Å². The van der Waals surface area contributed by atoms with Crippen molar-refractivity contribution in [1.29, 1.82) is 0 Å². The average molecular weight is 1170 g/mol. The van der Waals surface area contributed by atoms with Crippen molar-refractivity contribution in [3.8, 4) is 0 Å². The molecule has 2 heterocycles. The molecule has 2 aliphatic rings. The quantitative estimate of drug-likeness (QED) is 0.0399. The summed E-state index contributed by atoms with van der Waals surface area (Å²) < 4.78 is 39.3. The molecular weight excluding hydrogens is 1070 g/mol. The van der Waals surface area contributed by atoms with Gasteiger partial charge in [0.2, 0.25) is 47.3 Å². The van der Waals surface area contributed by atoms with Gasteiger partial charge in [-0.05, 0) is 81.0 Å². The lowest BCUT2D eigenvalue weighted by atomic mass is 9.89. The highest BCUT2D eigenvalue weighted by molar-refractivity contribution is 7.90. The van der Waals surface area contributed by atoms with Crippen LogP contribution < -0.4 is 21.5 Å². The normalized spacial score (nSPS) is 18.6. The first-order valence-electron chi connectivity index (χ1n) is 29.5. The molecule has 0 aliphatic carbocycles. The molecule has 0 aromatic heterocycles. The Labute approximate surface area is 488 Å². The monoisotopic (exact) mass is 1160 g/mol. The molecule has 458 valence electrons. The van der Waals surface area contributed by atoms with Crippen molar-refractivity contribution in [1.82, 2.24) is 41.1 Å². The maximum absolute atomic E-state index is 14.7. The fourth-order valence-electron chi connectivity index (χ4n) is 11.6. The van der Waals surface area contributed by atoms with E-state index in [1.165, 1.54) is 19.1 Å². The number of methoxy groups -OCH3 is 2. The van der Waals surface area contributed by atoms with Crippen LogP contribution in [0.25, 0.3) is 0 Å². The molecule has 2 aromatic carbocycles. The van der Waals surface area contributed by atoms with Crippen molar-refractivity contribution in [2.45, 2.75) is 181 Å². The minimum Gasteiger partial charge on any atom is -0.379 e. The number of imide groups is 1. The zero-order chi connectivity index (χ0) is 60.8. The van der Waals surface area contributed by atoms with Gasteiger partial charge in [-0.2, -0.15) is 0 Å². The van der Waals surface area contributed by atoms with Crippen LogP contribution in [0, 0.1) is 29.6 Å². The Bertz CT molecular complexity index is 2520. The zero-order valence-electron chi connectivity index (χ0n) is 50.8. The number of hydrogen-bond acceptors (Lipinski definition) is 13. The number of carbonyl (C=O) groups excluding carboxylic acids is 8. The minimum atomic E-state index is -3.65. The number of hydrazine groups is 1. The van der Waals surface area contributed by atoms with E-state index in [1.54, 1.807) is 62.0 Å². The van der Waals surface area contributed by atoms with Crippen LogP contribution in [0.5, 0.6) is 0 Å². The number of unbranched alkanes of at least 4 members (excludes halogenated alkanes) is 2. The molecule has 4 N–H and O–H groups in total. The largest absolute Gasteiger partial charge is 0.379 e. The molecule has 21 heteroatoms. The maximum atomic E-state index is 14.7. The number of sulfone groups is 1. The number of ether oxygens (including phenoxy) is 2. The van der Waals surface area contributed by atoms with Gasteiger partial charge in [0.05, 0.1) is 54.2 Å². The van der Waals surface area contributed by atoms with Gasteiger partial charge in [0.25, 0.3) is 0 Å². The number of rotatable bonds is 34. The van der Waals surface area contributed by atoms with Crippen molar-refractivity contribution >= 4 is 57.1 Å². The summed E-state index contributed by atoms with van der Waals surface area (Å²) >= 11 is 0. The highest BCUT2D eigenvalue weighted by Crippen LogP contribution is 2.30. The second-order valence-corrected chi connectivity index (χ2v) is 25.5. The van der Waals surface area contributed by atoms with Crippen molar-refractivity contribution in [3.63, 3.8) is 0 Å². The Morgan fingerprint density at radius 1 is 0.768 bits per heavy atom. The Balaban J connectivity index is 1.35. The summed E-state index contributed by atoms with van der Waals surface area (Å²) in [6.45, 7) is 16.1. The van der Waals surface area contributed by atoms with Gasteiger partial charge < -0.3 is 29.9 Å². The third-order valence-corrected chi connectivity index (χ3v) is 17.9. The van der Waals surface area contributed by atoms with Crippen LogP contribution in [0.2, 0.25) is 0 Å². The number of hydrogen-bond donors (Lipinski definition) is 4. The summed E-state index contributed by atoms with van der Waals surface area (Å²) in [4.78, 5) is 114. The van der Waals surface area contributed by atoms with Crippen molar-refractivity contribution in [3.05, 3.63) is 71.8 Å². The third-order valence-electron chi connectivity index (χ3n) is 16.2. The molecule has 0 bridgehead atoms. The predicted molar refractivity (Wildman–Crippen MR) is 315 cm³/mol. The number of carbonyl (C=O) groups is 8. The van der Waals surface area contributed by atoms with Gasteiger partial charge in [-0.3, -0.25) is 59.0 Å². The number of nitrogens with zero attached hydrogens (tertiary/aromatic N) is 4. The number of nitrogens with one attached hydrogen (secondary N) is 4. The molecule has 20 nitrogen and oxygen atoms in total. The Morgan fingerprint density at radius 3 is 1.93 bits per heavy atom. The zero-order valence-corrected chi connectivity index (χ0v) is 51.6. The molecule has 2 fully saturated rings. The molecule has 2 aromatic rings. The van der Waals surface area contributed by atoms with E-state index >= 15 is 0 Å². The number of likely N-dealkylation sites (N-methyl/N-ethyl adjacent to an activating group) is 2. The highest BCUT2D eigenvalue weighted by atomic mass is 32.2. The molecule has 1 unspecified atom stereocenters. The van der Waals surface area contributed by atoms with E-state index < -0.39 is 64.1 Å². The van der Waals surface area contributed by atoms with Crippen molar-refractivity contribution < 1.29 is 56.2 Å². The molecule has 0 spiro atoms. The first-order valence-corrected chi connectivity index (χ1v) is 31.3. The molecule has 0 saturated carbocycles. The lowest BCUT2D eigenvalue weighted by Gasteiger charge is -2.41. The predicted octanol–water partition coefficient (Wildman–Crippen LogP) is 5.23. The minimum absolute atomic E-state index is 0.0768. The molecule has 8 amide bonds. The molecule has 82 heavy (non-hydrogen) atoms. The van der Waals surface area contributed by atoms with Gasteiger partial charge in [-0.15, -0.1) is 0 Å². The van der Waals surface area contributed by atoms with E-state index in [0.29, 0.717) is 76.6 Å². The van der Waals surface area contributed by atoms with Crippen molar-refractivity contribution in [2.75, 3.05) is 53.7 Å². The topological polar surface area (TPSA) is 250 Å². The highest BCUT2D eigenvalue weighted by Gasteiger charge is 2.44. The third kappa shape index (κ3) is 20.5. The van der Waals surface area contributed by atoms with Gasteiger partial charge in [-0.25, -0.2) is 8.42 Å². The van der Waals surface area contributed by atoms with Gasteiger partial charge in [0.15, 0.2) is 9.84 Å². The summed E-state index contributed by atoms with van der Waals surface area (Å²) in [6, 6.07) is 15.0. The SMILES string of the molecule is CC[C@H](C)[C@@H]([C@@H](CC(=O)N1CCC[C@H]1[C@H](OC)[C@@H](C)C(=O)N[C@@H](Cc1ccccc1)CS(=O)(=O)Cc1ccccc1)OC)N(C)C(=O)[C@@H](NC(=O)[C@H](C(C)C)N(C)CCCC(=O)NNC(=O)CCCCCN1C(=O)CC(C)C1=O)C(C)C. The molecule has 4 rings (SSSR count). The van der Waals surface area contributed by atoms with Crippen LogP contribution in [-0.4, -0.2) is 171 Å². The van der Waals surface area contributed by atoms with Crippen LogP contribution in [-0.2, 0) is 69.8 Å². The van der Waals surface area contributed by atoms with Gasteiger partial charge in [0.1, 0.15) is 6.04 Å².